The molecule has 6 heteroatoms. The lowest BCUT2D eigenvalue weighted by Gasteiger charge is -2.67. The van der Waals surface area contributed by atoms with Crippen LogP contribution in [0.3, 0.4) is 0 Å². The summed E-state index contributed by atoms with van der Waals surface area (Å²) in [5.74, 6) is -0.462. The van der Waals surface area contributed by atoms with Crippen molar-refractivity contribution in [2.24, 2.45) is 28.6 Å². The molecule has 0 amide bonds. The third kappa shape index (κ3) is 6.74. The van der Waals surface area contributed by atoms with E-state index in [2.05, 4.69) is 51.1 Å². The van der Waals surface area contributed by atoms with Crippen molar-refractivity contribution in [1.82, 2.24) is 0 Å². The summed E-state index contributed by atoms with van der Waals surface area (Å²) in [7, 11) is 0. The van der Waals surface area contributed by atoms with Crippen LogP contribution in [-0.2, 0) is 25.5 Å². The molecule has 3 aliphatic rings. The van der Waals surface area contributed by atoms with Gasteiger partial charge in [0, 0.05) is 24.3 Å². The smallest absolute Gasteiger partial charge is 0.331 e. The molecule has 1 aromatic rings. The quantitative estimate of drug-likeness (QED) is 0.277. The Balaban J connectivity index is 1.57. The molecule has 1 aromatic carbocycles. The van der Waals surface area contributed by atoms with Crippen LogP contribution in [0.4, 0.5) is 0 Å². The van der Waals surface area contributed by atoms with Gasteiger partial charge >= 0.3 is 11.9 Å². The van der Waals surface area contributed by atoms with E-state index in [9.17, 15) is 19.8 Å². The molecule has 4 rings (SSSR count). The van der Waals surface area contributed by atoms with Crippen molar-refractivity contribution in [2.75, 3.05) is 6.61 Å². The van der Waals surface area contributed by atoms with Gasteiger partial charge in [0.15, 0.2) is 0 Å². The minimum Gasteiger partial charge on any atom is -0.462 e. The van der Waals surface area contributed by atoms with Gasteiger partial charge in [-0.2, -0.15) is 0 Å². The first-order valence-electron chi connectivity index (χ1n) is 15.9. The molecular weight excluding hydrogens is 516 g/mol. The average molecular weight is 569 g/mol. The third-order valence-electron chi connectivity index (χ3n) is 10.8. The number of hydrogen-bond donors (Lipinski definition) is 2. The van der Waals surface area contributed by atoms with Crippen molar-refractivity contribution < 1.29 is 29.3 Å². The van der Waals surface area contributed by atoms with E-state index >= 15 is 0 Å². The van der Waals surface area contributed by atoms with Gasteiger partial charge in [-0.3, -0.25) is 4.79 Å². The molecule has 228 valence electrons. The number of hydrogen-bond acceptors (Lipinski definition) is 6. The van der Waals surface area contributed by atoms with Crippen LogP contribution in [0.2, 0.25) is 0 Å². The van der Waals surface area contributed by atoms with E-state index < -0.39 is 17.1 Å². The van der Waals surface area contributed by atoms with E-state index in [0.717, 1.165) is 44.1 Å². The zero-order valence-corrected chi connectivity index (χ0v) is 25.9. The molecule has 0 unspecified atom stereocenters. The Labute approximate surface area is 246 Å². The molecule has 6 nitrogen and oxygen atoms in total. The number of ether oxygens (including phenoxy) is 2. The van der Waals surface area contributed by atoms with Crippen LogP contribution >= 0.6 is 0 Å². The van der Waals surface area contributed by atoms with Crippen molar-refractivity contribution in [3.63, 3.8) is 0 Å². The van der Waals surface area contributed by atoms with Crippen LogP contribution in [0, 0.1) is 28.6 Å². The largest absolute Gasteiger partial charge is 0.462 e. The van der Waals surface area contributed by atoms with Crippen molar-refractivity contribution in [3.05, 3.63) is 47.5 Å². The van der Waals surface area contributed by atoms with Crippen molar-refractivity contribution in [2.45, 2.75) is 123 Å². The summed E-state index contributed by atoms with van der Waals surface area (Å²) in [6.45, 7) is 10.5. The van der Waals surface area contributed by atoms with E-state index in [0.29, 0.717) is 38.0 Å². The van der Waals surface area contributed by atoms with Crippen LogP contribution in [0.15, 0.2) is 42.0 Å². The number of carbonyl (C=O) groups is 2. The van der Waals surface area contributed by atoms with Crippen LogP contribution in [0.5, 0.6) is 0 Å². The minimum atomic E-state index is -1.17. The monoisotopic (exact) mass is 568 g/mol. The fourth-order valence-electron chi connectivity index (χ4n) is 8.80. The lowest BCUT2D eigenvalue weighted by atomic mass is 9.40. The molecule has 2 fully saturated rings. The number of fused-ring (bicyclic) bond motifs is 1. The highest BCUT2D eigenvalue weighted by Gasteiger charge is 2.69. The molecule has 0 radical (unpaired) electrons. The molecule has 0 saturated heterocycles. The Kier molecular flexibility index (Phi) is 10.1. The Hall–Kier alpha value is -2.18. The lowest BCUT2D eigenvalue weighted by Crippen LogP contribution is -2.72. The fourth-order valence-corrected chi connectivity index (χ4v) is 8.80. The van der Waals surface area contributed by atoms with Gasteiger partial charge in [-0.1, -0.05) is 77.3 Å². The highest BCUT2D eigenvalue weighted by Crippen LogP contribution is 2.66. The number of aryl methyl sites for hydroxylation is 1. The SMILES string of the molecule is CC(=O)O[C@@H]1C[C@@H](C)[C@](O)(CCC2=CC(=O)OC2)[C@@]2(CCC[C@H](C)CCCc3ccccc3)[C@H](O)CCC(C)(C)[C@H]12. The molecule has 2 aliphatic carbocycles. The molecule has 41 heavy (non-hydrogen) atoms. The summed E-state index contributed by atoms with van der Waals surface area (Å²) in [5.41, 5.74) is 0.0483. The molecule has 0 spiro atoms. The van der Waals surface area contributed by atoms with Crippen molar-refractivity contribution in [1.29, 1.82) is 0 Å². The van der Waals surface area contributed by atoms with Crippen LogP contribution in [0.25, 0.3) is 0 Å². The first-order valence-corrected chi connectivity index (χ1v) is 15.9. The summed E-state index contributed by atoms with van der Waals surface area (Å²) in [5, 5.41) is 24.8. The van der Waals surface area contributed by atoms with Gasteiger partial charge in [0.25, 0.3) is 0 Å². The zero-order valence-electron chi connectivity index (χ0n) is 25.9. The van der Waals surface area contributed by atoms with E-state index in [4.69, 9.17) is 9.47 Å². The predicted octanol–water partition coefficient (Wildman–Crippen LogP) is 6.57. The second kappa shape index (κ2) is 13.0. The summed E-state index contributed by atoms with van der Waals surface area (Å²) >= 11 is 0. The number of benzene rings is 1. The van der Waals surface area contributed by atoms with Gasteiger partial charge in [0.1, 0.15) is 12.7 Å². The second-order valence-corrected chi connectivity index (χ2v) is 14.1. The highest BCUT2D eigenvalue weighted by molar-refractivity contribution is 5.85. The number of aliphatic hydroxyl groups is 2. The van der Waals surface area contributed by atoms with Crippen LogP contribution in [-0.4, -0.2) is 46.6 Å². The first kappa shape index (κ1) is 31.7. The summed E-state index contributed by atoms with van der Waals surface area (Å²) in [6.07, 6.45) is 9.40. The van der Waals surface area contributed by atoms with E-state index in [1.807, 2.05) is 6.92 Å². The molecule has 1 aliphatic heterocycles. The first-order chi connectivity index (χ1) is 19.4. The molecule has 2 N–H and O–H groups in total. The maximum atomic E-state index is 12.8. The van der Waals surface area contributed by atoms with Crippen molar-refractivity contribution >= 4 is 11.9 Å². The Morgan fingerprint density at radius 1 is 1.12 bits per heavy atom. The number of rotatable bonds is 12. The number of carbonyl (C=O) groups excluding carboxylic acids is 2. The fraction of sp³-hybridized carbons (Fsp3) is 0.714. The van der Waals surface area contributed by atoms with E-state index in [-0.39, 0.29) is 41.9 Å². The average Bonchev–Trinajstić information content (AvgIpc) is 3.33. The van der Waals surface area contributed by atoms with Crippen LogP contribution in [0.1, 0.15) is 104 Å². The van der Waals surface area contributed by atoms with E-state index in [1.54, 1.807) is 6.08 Å². The normalized spacial score (nSPS) is 33.4. The van der Waals surface area contributed by atoms with Gasteiger partial charge in [0.05, 0.1) is 11.7 Å². The number of esters is 2. The van der Waals surface area contributed by atoms with Gasteiger partial charge in [-0.05, 0) is 79.8 Å². The topological polar surface area (TPSA) is 93.1 Å². The second-order valence-electron chi connectivity index (χ2n) is 14.1. The molecule has 2 saturated carbocycles. The predicted molar refractivity (Wildman–Crippen MR) is 160 cm³/mol. The number of aliphatic hydroxyl groups excluding tert-OH is 1. The maximum absolute atomic E-state index is 12.8. The van der Waals surface area contributed by atoms with Gasteiger partial charge in [-0.25, -0.2) is 4.79 Å². The summed E-state index contributed by atoms with van der Waals surface area (Å²) in [4.78, 5) is 24.0. The lowest BCUT2D eigenvalue weighted by molar-refractivity contribution is -0.291. The maximum Gasteiger partial charge on any atom is 0.331 e. The molecule has 0 bridgehead atoms. The van der Waals surface area contributed by atoms with Crippen molar-refractivity contribution in [3.8, 4) is 0 Å². The number of cyclic esters (lactones) is 1. The Bertz CT molecular complexity index is 1080. The molecule has 0 aromatic heterocycles. The van der Waals surface area contributed by atoms with Crippen LogP contribution < -0.4 is 0 Å². The standard InChI is InChI=1S/C35H52O6/c1-24(11-9-15-27-13-7-6-8-14-27)12-10-18-34-30(37)17-19-33(4,5)32(34)29(41-26(3)36)21-25(2)35(34,39)20-16-28-22-31(38)40-23-28/h6-8,13-14,22,24-25,29-30,32,37,39H,9-12,15-21,23H2,1-5H3/t24-,25-,29-,30-,32+,34+,35-/m1/s1. The highest BCUT2D eigenvalue weighted by atomic mass is 16.5. The van der Waals surface area contributed by atoms with Gasteiger partial charge in [-0.15, -0.1) is 0 Å². The summed E-state index contributed by atoms with van der Waals surface area (Å²) < 4.78 is 11.2. The molecule has 1 heterocycles. The Morgan fingerprint density at radius 3 is 2.49 bits per heavy atom. The van der Waals surface area contributed by atoms with E-state index in [1.165, 1.54) is 12.5 Å². The van der Waals surface area contributed by atoms with Gasteiger partial charge in [0.2, 0.25) is 0 Å². The summed E-state index contributed by atoms with van der Waals surface area (Å²) in [6, 6.07) is 10.6. The molecular formula is C35H52O6. The van der Waals surface area contributed by atoms with Gasteiger partial charge < -0.3 is 19.7 Å². The zero-order chi connectivity index (χ0) is 29.8. The Morgan fingerprint density at radius 2 is 1.83 bits per heavy atom. The minimum absolute atomic E-state index is 0.173. The molecule has 7 atom stereocenters. The third-order valence-corrected chi connectivity index (χ3v) is 10.8.